The summed E-state index contributed by atoms with van der Waals surface area (Å²) >= 11 is 0. The first kappa shape index (κ1) is 14.2. The maximum atomic E-state index is 11.1. The molecule has 0 aromatic heterocycles. The van der Waals surface area contributed by atoms with Gasteiger partial charge in [0.1, 0.15) is 6.29 Å². The molecule has 0 N–H and O–H groups in total. The fourth-order valence-corrected chi connectivity index (χ4v) is 2.80. The highest BCUT2D eigenvalue weighted by atomic mass is 16.5. The summed E-state index contributed by atoms with van der Waals surface area (Å²) < 4.78 is 11.0. The fraction of sp³-hybridized carbons (Fsp3) is 0.786. The maximum Gasteiger partial charge on any atom is 0.125 e. The van der Waals surface area contributed by atoms with Crippen molar-refractivity contribution in [1.29, 1.82) is 0 Å². The van der Waals surface area contributed by atoms with Crippen molar-refractivity contribution in [2.75, 3.05) is 20.3 Å². The van der Waals surface area contributed by atoms with E-state index in [1.54, 1.807) is 7.11 Å². The molecule has 0 saturated heterocycles. The highest BCUT2D eigenvalue weighted by molar-refractivity contribution is 5.55. The van der Waals surface area contributed by atoms with Crippen LogP contribution < -0.4 is 0 Å². The Kier molecular flexibility index (Phi) is 6.25. The summed E-state index contributed by atoms with van der Waals surface area (Å²) in [7, 11) is 1.70. The quantitative estimate of drug-likeness (QED) is 0.524. The van der Waals surface area contributed by atoms with Crippen LogP contribution in [-0.2, 0) is 14.3 Å². The molecule has 3 heteroatoms. The largest absolute Gasteiger partial charge is 0.384 e. The highest BCUT2D eigenvalue weighted by Crippen LogP contribution is 2.37. The van der Waals surface area contributed by atoms with E-state index in [4.69, 9.17) is 15.9 Å². The molecule has 3 nitrogen and oxygen atoms in total. The van der Waals surface area contributed by atoms with Crippen molar-refractivity contribution in [2.24, 2.45) is 17.8 Å². The minimum absolute atomic E-state index is 0.0126. The normalized spacial score (nSPS) is 33.0. The summed E-state index contributed by atoms with van der Waals surface area (Å²) in [6, 6.07) is 0. The van der Waals surface area contributed by atoms with Crippen LogP contribution in [0.25, 0.3) is 0 Å². The molecular formula is C14H22O3. The average molecular weight is 238 g/mol. The van der Waals surface area contributed by atoms with Crippen molar-refractivity contribution in [3.63, 3.8) is 0 Å². The minimum atomic E-state index is -0.0394. The van der Waals surface area contributed by atoms with Gasteiger partial charge in [0.05, 0.1) is 6.10 Å². The van der Waals surface area contributed by atoms with Crippen molar-refractivity contribution in [1.82, 2.24) is 0 Å². The van der Waals surface area contributed by atoms with E-state index < -0.39 is 0 Å². The Labute approximate surface area is 104 Å². The van der Waals surface area contributed by atoms with Gasteiger partial charge in [-0.1, -0.05) is 0 Å². The van der Waals surface area contributed by atoms with Gasteiger partial charge in [-0.05, 0) is 25.7 Å². The van der Waals surface area contributed by atoms with Crippen molar-refractivity contribution >= 4 is 6.29 Å². The van der Waals surface area contributed by atoms with Gasteiger partial charge in [-0.15, -0.1) is 12.3 Å². The van der Waals surface area contributed by atoms with Gasteiger partial charge in [-0.3, -0.25) is 0 Å². The maximum absolute atomic E-state index is 11.1. The Morgan fingerprint density at radius 1 is 1.47 bits per heavy atom. The van der Waals surface area contributed by atoms with Crippen LogP contribution >= 0.6 is 0 Å². The van der Waals surface area contributed by atoms with E-state index in [9.17, 15) is 4.79 Å². The van der Waals surface area contributed by atoms with Gasteiger partial charge in [0.2, 0.25) is 0 Å². The van der Waals surface area contributed by atoms with E-state index in [1.165, 1.54) is 0 Å². The van der Waals surface area contributed by atoms with E-state index in [0.29, 0.717) is 25.6 Å². The minimum Gasteiger partial charge on any atom is -0.384 e. The molecule has 4 unspecified atom stereocenters. The zero-order chi connectivity index (χ0) is 12.7. The smallest absolute Gasteiger partial charge is 0.125 e. The van der Waals surface area contributed by atoms with Gasteiger partial charge in [0, 0.05) is 38.6 Å². The third-order valence-corrected chi connectivity index (χ3v) is 3.59. The number of hydrogen-bond donors (Lipinski definition) is 0. The molecule has 0 aromatic rings. The molecule has 1 aliphatic carbocycles. The number of terminal acetylenes is 1. The van der Waals surface area contributed by atoms with Gasteiger partial charge in [-0.2, -0.15) is 0 Å². The lowest BCUT2D eigenvalue weighted by Gasteiger charge is -2.40. The van der Waals surface area contributed by atoms with Gasteiger partial charge in [0.25, 0.3) is 0 Å². The molecule has 0 radical (unpaired) electrons. The van der Waals surface area contributed by atoms with Crippen LogP contribution in [0, 0.1) is 30.1 Å². The second-order valence-electron chi connectivity index (χ2n) is 4.58. The SMILES string of the molecule is C#CCC1C(COC)CCC(C=O)C1OCC. The molecule has 1 saturated carbocycles. The molecular weight excluding hydrogens is 216 g/mol. The summed E-state index contributed by atoms with van der Waals surface area (Å²) in [6.45, 7) is 3.27. The lowest BCUT2D eigenvalue weighted by atomic mass is 9.71. The third kappa shape index (κ3) is 3.55. The summed E-state index contributed by atoms with van der Waals surface area (Å²) in [4.78, 5) is 11.1. The van der Waals surface area contributed by atoms with Gasteiger partial charge < -0.3 is 14.3 Å². The number of carbonyl (C=O) groups is 1. The van der Waals surface area contributed by atoms with Crippen molar-refractivity contribution < 1.29 is 14.3 Å². The monoisotopic (exact) mass is 238 g/mol. The van der Waals surface area contributed by atoms with E-state index in [2.05, 4.69) is 5.92 Å². The topological polar surface area (TPSA) is 35.5 Å². The summed E-state index contributed by atoms with van der Waals surface area (Å²) in [5, 5.41) is 0. The van der Waals surface area contributed by atoms with Crippen LogP contribution in [0.1, 0.15) is 26.2 Å². The van der Waals surface area contributed by atoms with Crippen LogP contribution in [0.3, 0.4) is 0 Å². The number of rotatable bonds is 6. The molecule has 0 amide bonds. The second kappa shape index (κ2) is 7.47. The molecule has 0 spiro atoms. The Morgan fingerprint density at radius 3 is 2.76 bits per heavy atom. The van der Waals surface area contributed by atoms with Gasteiger partial charge >= 0.3 is 0 Å². The number of aldehydes is 1. The van der Waals surface area contributed by atoms with Gasteiger partial charge in [0.15, 0.2) is 0 Å². The van der Waals surface area contributed by atoms with Crippen molar-refractivity contribution in [3.05, 3.63) is 0 Å². The number of ether oxygens (including phenoxy) is 2. The summed E-state index contributed by atoms with van der Waals surface area (Å²) in [5.74, 6) is 3.34. The first-order valence-corrected chi connectivity index (χ1v) is 6.27. The molecule has 1 aliphatic rings. The molecule has 96 valence electrons. The average Bonchev–Trinajstić information content (AvgIpc) is 2.34. The highest BCUT2D eigenvalue weighted by Gasteiger charge is 2.39. The Morgan fingerprint density at radius 2 is 2.24 bits per heavy atom. The van der Waals surface area contributed by atoms with Crippen LogP contribution in [0.15, 0.2) is 0 Å². The Balaban J connectivity index is 2.79. The molecule has 1 fully saturated rings. The Hall–Kier alpha value is -0.850. The number of carbonyl (C=O) groups excluding carboxylic acids is 1. The third-order valence-electron chi connectivity index (χ3n) is 3.59. The molecule has 0 bridgehead atoms. The van der Waals surface area contributed by atoms with Crippen LogP contribution in [0.5, 0.6) is 0 Å². The summed E-state index contributed by atoms with van der Waals surface area (Å²) in [6.07, 6.45) is 8.94. The predicted molar refractivity (Wildman–Crippen MR) is 66.5 cm³/mol. The van der Waals surface area contributed by atoms with Crippen LogP contribution in [0.2, 0.25) is 0 Å². The summed E-state index contributed by atoms with van der Waals surface area (Å²) in [5.41, 5.74) is 0. The molecule has 0 heterocycles. The first-order valence-electron chi connectivity index (χ1n) is 6.27. The van der Waals surface area contributed by atoms with Gasteiger partial charge in [-0.25, -0.2) is 0 Å². The molecule has 0 aromatic carbocycles. The first-order chi connectivity index (χ1) is 8.28. The van der Waals surface area contributed by atoms with Crippen LogP contribution in [0.4, 0.5) is 0 Å². The molecule has 4 atom stereocenters. The zero-order valence-electron chi connectivity index (χ0n) is 10.7. The fourth-order valence-electron chi connectivity index (χ4n) is 2.80. The standard InChI is InChI=1S/C14H22O3/c1-4-6-13-12(10-16-3)8-7-11(9-15)14(13)17-5-2/h1,9,11-14H,5-8,10H2,2-3H3. The lowest BCUT2D eigenvalue weighted by molar-refractivity contribution is -0.125. The predicted octanol–water partition coefficient (Wildman–Crippen LogP) is 1.90. The van der Waals surface area contributed by atoms with E-state index in [0.717, 1.165) is 19.1 Å². The second-order valence-corrected chi connectivity index (χ2v) is 4.58. The molecule has 17 heavy (non-hydrogen) atoms. The van der Waals surface area contributed by atoms with Crippen LogP contribution in [-0.4, -0.2) is 32.7 Å². The van der Waals surface area contributed by atoms with E-state index in [-0.39, 0.29) is 17.9 Å². The molecule has 0 aliphatic heterocycles. The number of hydrogen-bond acceptors (Lipinski definition) is 3. The lowest BCUT2D eigenvalue weighted by Crippen LogP contribution is -2.43. The van der Waals surface area contributed by atoms with Crippen molar-refractivity contribution in [2.45, 2.75) is 32.3 Å². The van der Waals surface area contributed by atoms with E-state index in [1.807, 2.05) is 6.92 Å². The van der Waals surface area contributed by atoms with Crippen molar-refractivity contribution in [3.8, 4) is 12.3 Å². The Bertz CT molecular complexity index is 269. The zero-order valence-corrected chi connectivity index (χ0v) is 10.7. The molecule has 1 rings (SSSR count). The number of methoxy groups -OCH3 is 1. The van der Waals surface area contributed by atoms with E-state index >= 15 is 0 Å².